The fourth-order valence-corrected chi connectivity index (χ4v) is 2.36. The van der Waals surface area contributed by atoms with E-state index in [0.717, 1.165) is 5.69 Å². The average molecular weight is 334 g/mol. The lowest BCUT2D eigenvalue weighted by molar-refractivity contribution is -0.0499. The Labute approximate surface area is 136 Å². The quantitative estimate of drug-likeness (QED) is 0.693. The van der Waals surface area contributed by atoms with Crippen LogP contribution in [-0.2, 0) is 6.54 Å². The maximum atomic E-state index is 12.2. The molecule has 8 heteroatoms. The number of rotatable bonds is 7. The predicted octanol–water partition coefficient (Wildman–Crippen LogP) is 2.15. The number of halogens is 2. The molecule has 1 atom stereocenters. The summed E-state index contributed by atoms with van der Waals surface area (Å²) in [6.45, 7) is -2.15. The Bertz CT molecular complexity index is 809. The van der Waals surface area contributed by atoms with Gasteiger partial charge in [0.05, 0.1) is 18.0 Å². The lowest BCUT2D eigenvalue weighted by atomic mass is 10.1. The average Bonchev–Trinajstić information content (AvgIpc) is 2.98. The molecule has 126 valence electrons. The second-order valence-corrected chi connectivity index (χ2v) is 5.14. The molecule has 1 aromatic carbocycles. The summed E-state index contributed by atoms with van der Waals surface area (Å²) in [4.78, 5) is 8.30. The maximum Gasteiger partial charge on any atom is 0.387 e. The molecule has 3 aromatic rings. The van der Waals surface area contributed by atoms with Gasteiger partial charge >= 0.3 is 6.61 Å². The van der Waals surface area contributed by atoms with Crippen molar-refractivity contribution in [2.45, 2.75) is 19.3 Å². The summed E-state index contributed by atoms with van der Waals surface area (Å²) in [7, 11) is 0. The van der Waals surface area contributed by atoms with Crippen molar-refractivity contribution >= 4 is 5.78 Å². The molecule has 2 heterocycles. The molecule has 0 fully saturated rings. The van der Waals surface area contributed by atoms with Gasteiger partial charge in [-0.1, -0.05) is 12.1 Å². The van der Waals surface area contributed by atoms with E-state index in [1.807, 2.05) is 16.7 Å². The molecule has 2 N–H and O–H groups in total. The summed E-state index contributed by atoms with van der Waals surface area (Å²) >= 11 is 0. The van der Waals surface area contributed by atoms with E-state index < -0.39 is 12.7 Å². The SMILES string of the molecule is OC(CNCc1cnc2ncccn12)c1cccc(OC(F)F)c1. The molecule has 0 saturated carbocycles. The van der Waals surface area contributed by atoms with Crippen LogP contribution in [0.4, 0.5) is 8.78 Å². The van der Waals surface area contributed by atoms with Crippen molar-refractivity contribution in [2.75, 3.05) is 6.54 Å². The number of ether oxygens (including phenoxy) is 1. The van der Waals surface area contributed by atoms with Gasteiger partial charge in [-0.2, -0.15) is 8.78 Å². The third kappa shape index (κ3) is 3.84. The van der Waals surface area contributed by atoms with Crippen LogP contribution in [0.25, 0.3) is 5.78 Å². The number of aliphatic hydroxyl groups is 1. The first-order valence-corrected chi connectivity index (χ1v) is 7.34. The summed E-state index contributed by atoms with van der Waals surface area (Å²) in [5, 5.41) is 13.3. The number of aromatic nitrogens is 3. The molecule has 3 rings (SSSR count). The van der Waals surface area contributed by atoms with Crippen molar-refractivity contribution in [3.05, 3.63) is 60.2 Å². The molecule has 1 unspecified atom stereocenters. The third-order valence-electron chi connectivity index (χ3n) is 3.48. The molecule has 0 radical (unpaired) electrons. The van der Waals surface area contributed by atoms with Crippen LogP contribution in [0.15, 0.2) is 48.9 Å². The molecule has 0 saturated heterocycles. The molecule has 0 bridgehead atoms. The van der Waals surface area contributed by atoms with Crippen LogP contribution in [-0.4, -0.2) is 32.6 Å². The fourth-order valence-electron chi connectivity index (χ4n) is 2.36. The highest BCUT2D eigenvalue weighted by Crippen LogP contribution is 2.20. The molecule has 6 nitrogen and oxygen atoms in total. The first kappa shape index (κ1) is 16.3. The molecule has 24 heavy (non-hydrogen) atoms. The first-order valence-electron chi connectivity index (χ1n) is 7.34. The summed E-state index contributed by atoms with van der Waals surface area (Å²) in [6.07, 6.45) is 4.38. The van der Waals surface area contributed by atoms with E-state index >= 15 is 0 Å². The minimum Gasteiger partial charge on any atom is -0.435 e. The Morgan fingerprint density at radius 2 is 2.12 bits per heavy atom. The van der Waals surface area contributed by atoms with Gasteiger partial charge in [0.1, 0.15) is 5.75 Å². The fraction of sp³-hybridized carbons (Fsp3) is 0.250. The van der Waals surface area contributed by atoms with E-state index in [1.54, 1.807) is 24.5 Å². The van der Waals surface area contributed by atoms with E-state index in [4.69, 9.17) is 0 Å². The van der Waals surface area contributed by atoms with Crippen molar-refractivity contribution in [1.82, 2.24) is 19.7 Å². The first-order chi connectivity index (χ1) is 11.6. The summed E-state index contributed by atoms with van der Waals surface area (Å²) < 4.78 is 30.6. The van der Waals surface area contributed by atoms with E-state index in [-0.39, 0.29) is 12.3 Å². The lowest BCUT2D eigenvalue weighted by Gasteiger charge is -2.13. The summed E-state index contributed by atoms with van der Waals surface area (Å²) in [5.41, 5.74) is 1.40. The number of aliphatic hydroxyl groups excluding tert-OH is 1. The smallest absolute Gasteiger partial charge is 0.387 e. The monoisotopic (exact) mass is 334 g/mol. The number of nitrogens with zero attached hydrogens (tertiary/aromatic N) is 3. The minimum atomic E-state index is -2.89. The second kappa shape index (κ2) is 7.33. The Hall–Kier alpha value is -2.58. The highest BCUT2D eigenvalue weighted by Gasteiger charge is 2.11. The standard InChI is InChI=1S/C16H16F2N4O2/c17-15(18)24-13-4-1-3-11(7-13)14(23)10-19-8-12-9-21-16-20-5-2-6-22(12)16/h1-7,9,14-15,19,23H,8,10H2. The zero-order valence-electron chi connectivity index (χ0n) is 12.6. The van der Waals surface area contributed by atoms with Crippen LogP contribution in [0.5, 0.6) is 5.75 Å². The molecular formula is C16H16F2N4O2. The number of hydrogen-bond donors (Lipinski definition) is 2. The van der Waals surface area contributed by atoms with Gasteiger partial charge in [-0.15, -0.1) is 0 Å². The number of imidazole rings is 1. The highest BCUT2D eigenvalue weighted by molar-refractivity contribution is 5.31. The maximum absolute atomic E-state index is 12.2. The van der Waals surface area contributed by atoms with Gasteiger partial charge < -0.3 is 15.2 Å². The lowest BCUT2D eigenvalue weighted by Crippen LogP contribution is -2.21. The number of nitrogens with one attached hydrogen (secondary N) is 1. The van der Waals surface area contributed by atoms with E-state index in [1.165, 1.54) is 12.1 Å². The van der Waals surface area contributed by atoms with Gasteiger partial charge in [-0.25, -0.2) is 9.97 Å². The normalized spacial score (nSPS) is 12.7. The molecular weight excluding hydrogens is 318 g/mol. The molecule has 0 amide bonds. The molecule has 0 aliphatic carbocycles. The van der Waals surface area contributed by atoms with Crippen molar-refractivity contribution in [2.24, 2.45) is 0 Å². The Morgan fingerprint density at radius 3 is 2.96 bits per heavy atom. The number of fused-ring (bicyclic) bond motifs is 1. The van der Waals surface area contributed by atoms with Crippen molar-refractivity contribution in [1.29, 1.82) is 0 Å². The molecule has 0 spiro atoms. The van der Waals surface area contributed by atoms with Crippen molar-refractivity contribution in [3.8, 4) is 5.75 Å². The number of hydrogen-bond acceptors (Lipinski definition) is 5. The van der Waals surface area contributed by atoms with Crippen LogP contribution >= 0.6 is 0 Å². The van der Waals surface area contributed by atoms with Crippen LogP contribution in [0, 0.1) is 0 Å². The Morgan fingerprint density at radius 1 is 1.25 bits per heavy atom. The van der Waals surface area contributed by atoms with E-state index in [9.17, 15) is 13.9 Å². The van der Waals surface area contributed by atoms with Crippen molar-refractivity contribution < 1.29 is 18.6 Å². The summed E-state index contributed by atoms with van der Waals surface area (Å²) in [6, 6.07) is 7.84. The third-order valence-corrected chi connectivity index (χ3v) is 3.48. The molecule has 0 aliphatic rings. The van der Waals surface area contributed by atoms with Crippen LogP contribution in [0.1, 0.15) is 17.4 Å². The van der Waals surface area contributed by atoms with Crippen molar-refractivity contribution in [3.63, 3.8) is 0 Å². The number of alkyl halides is 2. The molecule has 0 aliphatic heterocycles. The predicted molar refractivity (Wildman–Crippen MR) is 82.7 cm³/mol. The van der Waals surface area contributed by atoms with Crippen LogP contribution in [0.3, 0.4) is 0 Å². The van der Waals surface area contributed by atoms with Gasteiger partial charge in [-0.3, -0.25) is 4.40 Å². The Kier molecular flexibility index (Phi) is 4.97. The van der Waals surface area contributed by atoms with Gasteiger partial charge in [-0.05, 0) is 23.8 Å². The van der Waals surface area contributed by atoms with E-state index in [0.29, 0.717) is 17.9 Å². The topological polar surface area (TPSA) is 71.7 Å². The Balaban J connectivity index is 1.58. The molecule has 2 aromatic heterocycles. The van der Waals surface area contributed by atoms with Gasteiger partial charge in [0.2, 0.25) is 5.78 Å². The summed E-state index contributed by atoms with van der Waals surface area (Å²) in [5.74, 6) is 0.626. The highest BCUT2D eigenvalue weighted by atomic mass is 19.3. The zero-order valence-corrected chi connectivity index (χ0v) is 12.6. The van der Waals surface area contributed by atoms with Crippen LogP contribution in [0.2, 0.25) is 0 Å². The number of benzene rings is 1. The largest absolute Gasteiger partial charge is 0.435 e. The van der Waals surface area contributed by atoms with E-state index in [2.05, 4.69) is 20.0 Å². The van der Waals surface area contributed by atoms with Crippen LogP contribution < -0.4 is 10.1 Å². The van der Waals surface area contributed by atoms with Gasteiger partial charge in [0.25, 0.3) is 0 Å². The minimum absolute atomic E-state index is 0.0226. The zero-order chi connectivity index (χ0) is 16.9. The van der Waals surface area contributed by atoms with Gasteiger partial charge in [0.15, 0.2) is 0 Å². The second-order valence-electron chi connectivity index (χ2n) is 5.14. The van der Waals surface area contributed by atoms with Gasteiger partial charge in [0, 0.05) is 25.5 Å².